The lowest BCUT2D eigenvalue weighted by atomic mass is 10.1. The van der Waals surface area contributed by atoms with Gasteiger partial charge in [0.1, 0.15) is 4.90 Å². The smallest absolute Gasteiger partial charge is 0.337 e. The van der Waals surface area contributed by atoms with E-state index >= 15 is 0 Å². The quantitative estimate of drug-likeness (QED) is 0.695. The van der Waals surface area contributed by atoms with Crippen LogP contribution in [0.5, 0.6) is 0 Å². The summed E-state index contributed by atoms with van der Waals surface area (Å²) in [6.45, 7) is 0.0203. The lowest BCUT2D eigenvalue weighted by Gasteiger charge is -2.11. The Labute approximate surface area is 158 Å². The largest absolute Gasteiger partial charge is 0.465 e. The SMILES string of the molecule is COC(=O)c1ccc(CNS(=O)(=O)c2c(Cl)cc(Br)cc2Cl)cc1. The highest BCUT2D eigenvalue weighted by atomic mass is 79.9. The minimum absolute atomic E-state index is 0.0166. The summed E-state index contributed by atoms with van der Waals surface area (Å²) in [6.07, 6.45) is 0. The molecule has 0 unspecified atom stereocenters. The average Bonchev–Trinajstić information content (AvgIpc) is 2.51. The molecule has 0 bridgehead atoms. The van der Waals surface area contributed by atoms with E-state index in [2.05, 4.69) is 25.4 Å². The van der Waals surface area contributed by atoms with Crippen molar-refractivity contribution in [3.8, 4) is 0 Å². The van der Waals surface area contributed by atoms with Crippen LogP contribution >= 0.6 is 39.1 Å². The van der Waals surface area contributed by atoms with Crippen molar-refractivity contribution in [2.45, 2.75) is 11.4 Å². The van der Waals surface area contributed by atoms with Gasteiger partial charge >= 0.3 is 5.97 Å². The molecule has 0 saturated carbocycles. The summed E-state index contributed by atoms with van der Waals surface area (Å²) in [6, 6.07) is 9.25. The summed E-state index contributed by atoms with van der Waals surface area (Å²) in [5.74, 6) is -0.462. The van der Waals surface area contributed by atoms with Gasteiger partial charge in [0.2, 0.25) is 10.0 Å². The number of halogens is 3. The molecule has 5 nitrogen and oxygen atoms in total. The Hall–Kier alpha value is -1.12. The first-order chi connectivity index (χ1) is 11.2. The molecule has 0 aromatic heterocycles. The van der Waals surface area contributed by atoms with Crippen molar-refractivity contribution in [3.05, 3.63) is 62.0 Å². The van der Waals surface area contributed by atoms with Crippen molar-refractivity contribution < 1.29 is 17.9 Å². The second kappa shape index (κ2) is 7.84. The van der Waals surface area contributed by atoms with Crippen molar-refractivity contribution in [2.24, 2.45) is 0 Å². The van der Waals surface area contributed by atoms with Crippen LogP contribution in [0.2, 0.25) is 10.0 Å². The van der Waals surface area contributed by atoms with Gasteiger partial charge in [0, 0.05) is 11.0 Å². The second-order valence-electron chi connectivity index (χ2n) is 4.71. The molecule has 0 radical (unpaired) electrons. The maximum atomic E-state index is 12.4. The monoisotopic (exact) mass is 451 g/mol. The summed E-state index contributed by atoms with van der Waals surface area (Å²) in [4.78, 5) is 11.2. The Morgan fingerprint density at radius 2 is 1.71 bits per heavy atom. The number of carbonyl (C=O) groups is 1. The van der Waals surface area contributed by atoms with Crippen LogP contribution in [0.25, 0.3) is 0 Å². The van der Waals surface area contributed by atoms with Gasteiger partial charge in [0.15, 0.2) is 0 Å². The molecule has 9 heteroatoms. The fraction of sp³-hybridized carbons (Fsp3) is 0.133. The number of methoxy groups -OCH3 is 1. The number of sulfonamides is 1. The highest BCUT2D eigenvalue weighted by molar-refractivity contribution is 9.10. The third-order valence-electron chi connectivity index (χ3n) is 3.07. The lowest BCUT2D eigenvalue weighted by molar-refractivity contribution is 0.0600. The first-order valence-electron chi connectivity index (χ1n) is 6.56. The Kier molecular flexibility index (Phi) is 6.28. The van der Waals surface area contributed by atoms with Gasteiger partial charge in [0.05, 0.1) is 22.7 Å². The minimum atomic E-state index is -3.89. The Morgan fingerprint density at radius 3 is 2.21 bits per heavy atom. The molecule has 0 spiro atoms. The van der Waals surface area contributed by atoms with E-state index in [4.69, 9.17) is 23.2 Å². The fourth-order valence-corrected chi connectivity index (χ4v) is 4.86. The van der Waals surface area contributed by atoms with Gasteiger partial charge in [-0.3, -0.25) is 0 Å². The lowest BCUT2D eigenvalue weighted by Crippen LogP contribution is -2.24. The summed E-state index contributed by atoms with van der Waals surface area (Å²) in [5.41, 5.74) is 1.04. The van der Waals surface area contributed by atoms with Gasteiger partial charge in [-0.2, -0.15) is 0 Å². The third-order valence-corrected chi connectivity index (χ3v) is 5.85. The van der Waals surface area contributed by atoms with Crippen LogP contribution in [0.1, 0.15) is 15.9 Å². The zero-order valence-corrected chi connectivity index (χ0v) is 16.3. The fourth-order valence-electron chi connectivity index (χ4n) is 1.91. The molecule has 2 rings (SSSR count). The van der Waals surface area contributed by atoms with Crippen LogP contribution in [-0.2, 0) is 21.3 Å². The molecule has 0 aliphatic rings. The van der Waals surface area contributed by atoms with Crippen LogP contribution in [-0.4, -0.2) is 21.5 Å². The molecular formula is C15H12BrCl2NO4S. The van der Waals surface area contributed by atoms with E-state index in [1.165, 1.54) is 19.2 Å². The van der Waals surface area contributed by atoms with E-state index in [0.717, 1.165) is 0 Å². The summed E-state index contributed by atoms with van der Waals surface area (Å²) in [7, 11) is -2.61. The Balaban J connectivity index is 2.18. The molecular weight excluding hydrogens is 441 g/mol. The maximum Gasteiger partial charge on any atom is 0.337 e. The average molecular weight is 453 g/mol. The summed E-state index contributed by atoms with van der Waals surface area (Å²) in [5, 5.41) is 0.0332. The molecule has 2 aromatic carbocycles. The molecule has 24 heavy (non-hydrogen) atoms. The second-order valence-corrected chi connectivity index (χ2v) is 8.15. The van der Waals surface area contributed by atoms with Crippen molar-refractivity contribution in [1.82, 2.24) is 4.72 Å². The molecule has 0 aliphatic carbocycles. The molecule has 128 valence electrons. The predicted molar refractivity (Wildman–Crippen MR) is 96.0 cm³/mol. The van der Waals surface area contributed by atoms with Crippen LogP contribution in [0.4, 0.5) is 0 Å². The van der Waals surface area contributed by atoms with Gasteiger partial charge in [-0.05, 0) is 29.8 Å². The summed E-state index contributed by atoms with van der Waals surface area (Å²) >= 11 is 15.2. The van der Waals surface area contributed by atoms with E-state index < -0.39 is 16.0 Å². The van der Waals surface area contributed by atoms with Gasteiger partial charge in [-0.15, -0.1) is 0 Å². The van der Waals surface area contributed by atoms with Crippen LogP contribution in [0.3, 0.4) is 0 Å². The molecule has 0 atom stereocenters. The van der Waals surface area contributed by atoms with E-state index in [9.17, 15) is 13.2 Å². The van der Waals surface area contributed by atoms with Crippen molar-refractivity contribution in [2.75, 3.05) is 7.11 Å². The summed E-state index contributed by atoms with van der Waals surface area (Å²) < 4.78 is 32.4. The van der Waals surface area contributed by atoms with E-state index in [1.807, 2.05) is 0 Å². The number of rotatable bonds is 5. The van der Waals surface area contributed by atoms with Gasteiger partial charge in [0.25, 0.3) is 0 Å². The van der Waals surface area contributed by atoms with Crippen LogP contribution in [0, 0.1) is 0 Å². The highest BCUT2D eigenvalue weighted by Gasteiger charge is 2.22. The number of benzene rings is 2. The topological polar surface area (TPSA) is 72.5 Å². The van der Waals surface area contributed by atoms with E-state index in [0.29, 0.717) is 15.6 Å². The highest BCUT2D eigenvalue weighted by Crippen LogP contribution is 2.32. The normalized spacial score (nSPS) is 11.3. The molecule has 0 amide bonds. The van der Waals surface area contributed by atoms with Crippen molar-refractivity contribution in [3.63, 3.8) is 0 Å². The molecule has 2 aromatic rings. The number of carbonyl (C=O) groups excluding carboxylic acids is 1. The first-order valence-corrected chi connectivity index (χ1v) is 9.59. The molecule has 0 saturated heterocycles. The van der Waals surface area contributed by atoms with Crippen LogP contribution < -0.4 is 4.72 Å². The first kappa shape index (κ1) is 19.2. The van der Waals surface area contributed by atoms with Gasteiger partial charge in [-0.25, -0.2) is 17.9 Å². The Morgan fingerprint density at radius 1 is 1.17 bits per heavy atom. The standard InChI is InChI=1S/C15H12BrCl2NO4S/c1-23-15(20)10-4-2-9(3-5-10)8-19-24(21,22)14-12(17)6-11(16)7-13(14)18/h2-7,19H,8H2,1H3. The number of ether oxygens (including phenoxy) is 1. The zero-order chi connectivity index (χ0) is 17.9. The molecule has 0 fully saturated rings. The molecule has 0 aliphatic heterocycles. The maximum absolute atomic E-state index is 12.4. The van der Waals surface area contributed by atoms with Crippen LogP contribution in [0.15, 0.2) is 45.8 Å². The Bertz CT molecular complexity index is 847. The minimum Gasteiger partial charge on any atom is -0.465 e. The third kappa shape index (κ3) is 4.49. The number of esters is 1. The molecule has 1 N–H and O–H groups in total. The van der Waals surface area contributed by atoms with Crippen molar-refractivity contribution >= 4 is 55.1 Å². The predicted octanol–water partition coefficient (Wildman–Crippen LogP) is 4.02. The number of hydrogen-bond donors (Lipinski definition) is 1. The van der Waals surface area contributed by atoms with E-state index in [1.54, 1.807) is 24.3 Å². The van der Waals surface area contributed by atoms with Gasteiger partial charge in [-0.1, -0.05) is 51.3 Å². The molecule has 0 heterocycles. The zero-order valence-electron chi connectivity index (χ0n) is 12.3. The number of hydrogen-bond acceptors (Lipinski definition) is 4. The number of nitrogens with one attached hydrogen (secondary N) is 1. The van der Waals surface area contributed by atoms with Gasteiger partial charge < -0.3 is 4.74 Å². The van der Waals surface area contributed by atoms with Crippen molar-refractivity contribution in [1.29, 1.82) is 0 Å². The van der Waals surface area contributed by atoms with E-state index in [-0.39, 0.29) is 21.5 Å².